The van der Waals surface area contributed by atoms with E-state index in [-0.39, 0.29) is 6.04 Å². The number of hydrogen-bond acceptors (Lipinski definition) is 2. The molecule has 2 heteroatoms. The molecule has 0 heterocycles. The molecule has 1 fully saturated rings. The van der Waals surface area contributed by atoms with E-state index in [1.165, 1.54) is 18.4 Å². The van der Waals surface area contributed by atoms with Gasteiger partial charge in [0.15, 0.2) is 0 Å². The second-order valence-electron chi connectivity index (χ2n) is 4.24. The van der Waals surface area contributed by atoms with E-state index >= 15 is 0 Å². The normalized spacial score (nSPS) is 28.1. The van der Waals surface area contributed by atoms with Crippen molar-refractivity contribution in [1.29, 1.82) is 0 Å². The molecular formula is C12H18N2. The Kier molecular flexibility index (Phi) is 2.85. The summed E-state index contributed by atoms with van der Waals surface area (Å²) in [7, 11) is 0. The lowest BCUT2D eigenvalue weighted by atomic mass is 9.68. The van der Waals surface area contributed by atoms with Crippen LogP contribution in [0.2, 0.25) is 0 Å². The van der Waals surface area contributed by atoms with Crippen LogP contribution in [-0.2, 0) is 0 Å². The lowest BCUT2D eigenvalue weighted by Gasteiger charge is -2.39. The van der Waals surface area contributed by atoms with Crippen LogP contribution in [0.1, 0.15) is 24.3 Å². The van der Waals surface area contributed by atoms with Gasteiger partial charge >= 0.3 is 0 Å². The molecule has 0 spiro atoms. The van der Waals surface area contributed by atoms with Crippen LogP contribution in [0.3, 0.4) is 0 Å². The SMILES string of the molecule is NCC(N)C1CC(c2ccccc2)C1. The third-order valence-corrected chi connectivity index (χ3v) is 3.32. The van der Waals surface area contributed by atoms with Gasteiger partial charge in [0.1, 0.15) is 0 Å². The first-order valence-corrected chi connectivity index (χ1v) is 5.32. The van der Waals surface area contributed by atoms with Gasteiger partial charge in [-0.25, -0.2) is 0 Å². The van der Waals surface area contributed by atoms with E-state index in [1.807, 2.05) is 0 Å². The van der Waals surface area contributed by atoms with E-state index < -0.39 is 0 Å². The molecule has 1 saturated carbocycles. The summed E-state index contributed by atoms with van der Waals surface area (Å²) >= 11 is 0. The minimum absolute atomic E-state index is 0.204. The Morgan fingerprint density at radius 2 is 1.86 bits per heavy atom. The highest BCUT2D eigenvalue weighted by molar-refractivity contribution is 5.22. The molecule has 0 aromatic heterocycles. The first kappa shape index (κ1) is 9.69. The molecule has 14 heavy (non-hydrogen) atoms. The summed E-state index contributed by atoms with van der Waals surface area (Å²) in [6.45, 7) is 0.617. The van der Waals surface area contributed by atoms with Gasteiger partial charge in [-0.05, 0) is 30.2 Å². The average molecular weight is 190 g/mol. The lowest BCUT2D eigenvalue weighted by Crippen LogP contribution is -2.43. The molecule has 1 aromatic rings. The number of nitrogens with two attached hydrogens (primary N) is 2. The summed E-state index contributed by atoms with van der Waals surface area (Å²) in [6, 6.07) is 10.9. The van der Waals surface area contributed by atoms with E-state index in [4.69, 9.17) is 11.5 Å². The van der Waals surface area contributed by atoms with E-state index in [9.17, 15) is 0 Å². The monoisotopic (exact) mass is 190 g/mol. The van der Waals surface area contributed by atoms with Gasteiger partial charge in [-0.3, -0.25) is 0 Å². The fourth-order valence-electron chi connectivity index (χ4n) is 2.20. The van der Waals surface area contributed by atoms with Gasteiger partial charge in [0.25, 0.3) is 0 Å². The first-order valence-electron chi connectivity index (χ1n) is 5.32. The van der Waals surface area contributed by atoms with E-state index in [0.29, 0.717) is 12.5 Å². The number of benzene rings is 1. The van der Waals surface area contributed by atoms with E-state index in [0.717, 1.165) is 5.92 Å². The van der Waals surface area contributed by atoms with Crippen LogP contribution < -0.4 is 11.5 Å². The van der Waals surface area contributed by atoms with Crippen LogP contribution in [0.4, 0.5) is 0 Å². The highest BCUT2D eigenvalue weighted by atomic mass is 14.7. The zero-order valence-electron chi connectivity index (χ0n) is 8.39. The van der Waals surface area contributed by atoms with Crippen molar-refractivity contribution in [3.63, 3.8) is 0 Å². The minimum atomic E-state index is 0.204. The Morgan fingerprint density at radius 1 is 1.21 bits per heavy atom. The Hall–Kier alpha value is -0.860. The summed E-state index contributed by atoms with van der Waals surface area (Å²) in [6.07, 6.45) is 2.42. The van der Waals surface area contributed by atoms with Gasteiger partial charge in [0.2, 0.25) is 0 Å². The van der Waals surface area contributed by atoms with Crippen molar-refractivity contribution in [3.05, 3.63) is 35.9 Å². The summed E-state index contributed by atoms with van der Waals surface area (Å²) in [5.41, 5.74) is 12.9. The first-order chi connectivity index (χ1) is 6.81. The van der Waals surface area contributed by atoms with Crippen LogP contribution in [0.25, 0.3) is 0 Å². The molecule has 4 N–H and O–H groups in total. The Bertz CT molecular complexity index is 278. The van der Waals surface area contributed by atoms with E-state index in [2.05, 4.69) is 30.3 Å². The van der Waals surface area contributed by atoms with E-state index in [1.54, 1.807) is 0 Å². The van der Waals surface area contributed by atoms with Crippen molar-refractivity contribution in [3.8, 4) is 0 Å². The molecule has 0 bridgehead atoms. The van der Waals surface area contributed by atoms with Crippen molar-refractivity contribution < 1.29 is 0 Å². The predicted molar refractivity (Wildman–Crippen MR) is 58.9 cm³/mol. The topological polar surface area (TPSA) is 52.0 Å². The highest BCUT2D eigenvalue weighted by Crippen LogP contribution is 2.42. The Morgan fingerprint density at radius 3 is 2.43 bits per heavy atom. The fraction of sp³-hybridized carbons (Fsp3) is 0.500. The van der Waals surface area contributed by atoms with Gasteiger partial charge < -0.3 is 11.5 Å². The van der Waals surface area contributed by atoms with Crippen LogP contribution in [0, 0.1) is 5.92 Å². The molecule has 0 radical (unpaired) electrons. The van der Waals surface area contributed by atoms with Crippen molar-refractivity contribution in [1.82, 2.24) is 0 Å². The lowest BCUT2D eigenvalue weighted by molar-refractivity contribution is 0.223. The molecule has 0 amide bonds. The molecule has 1 aromatic carbocycles. The van der Waals surface area contributed by atoms with Gasteiger partial charge in [0, 0.05) is 12.6 Å². The third-order valence-electron chi connectivity index (χ3n) is 3.32. The van der Waals surface area contributed by atoms with Crippen molar-refractivity contribution in [2.24, 2.45) is 17.4 Å². The molecule has 1 aliphatic carbocycles. The predicted octanol–water partition coefficient (Wildman–Crippen LogP) is 1.47. The molecule has 1 unspecified atom stereocenters. The largest absolute Gasteiger partial charge is 0.329 e. The second-order valence-corrected chi connectivity index (χ2v) is 4.24. The smallest absolute Gasteiger partial charge is 0.0192 e. The molecule has 1 aliphatic rings. The third kappa shape index (κ3) is 1.81. The van der Waals surface area contributed by atoms with Gasteiger partial charge in [0.05, 0.1) is 0 Å². The summed E-state index contributed by atoms with van der Waals surface area (Å²) < 4.78 is 0. The quantitative estimate of drug-likeness (QED) is 0.758. The Labute approximate surface area is 85.3 Å². The maximum Gasteiger partial charge on any atom is 0.0192 e. The molecule has 0 aliphatic heterocycles. The molecule has 2 rings (SSSR count). The minimum Gasteiger partial charge on any atom is -0.329 e. The highest BCUT2D eigenvalue weighted by Gasteiger charge is 2.33. The molecule has 1 atom stereocenters. The average Bonchev–Trinajstić information content (AvgIpc) is 2.17. The van der Waals surface area contributed by atoms with Gasteiger partial charge in [-0.1, -0.05) is 30.3 Å². The summed E-state index contributed by atoms with van der Waals surface area (Å²) in [5.74, 6) is 1.36. The standard InChI is InChI=1S/C12H18N2/c13-8-12(14)11-6-10(7-11)9-4-2-1-3-5-9/h1-5,10-12H,6-8,13-14H2. The summed E-state index contributed by atoms with van der Waals surface area (Å²) in [4.78, 5) is 0. The van der Waals surface area contributed by atoms with Crippen LogP contribution in [0.15, 0.2) is 30.3 Å². The zero-order chi connectivity index (χ0) is 9.97. The fourth-order valence-corrected chi connectivity index (χ4v) is 2.20. The maximum absolute atomic E-state index is 5.89. The molecule has 76 valence electrons. The molecule has 2 nitrogen and oxygen atoms in total. The zero-order valence-corrected chi connectivity index (χ0v) is 8.39. The summed E-state index contributed by atoms with van der Waals surface area (Å²) in [5, 5.41) is 0. The van der Waals surface area contributed by atoms with Crippen molar-refractivity contribution in [2.75, 3.05) is 6.54 Å². The second kappa shape index (κ2) is 4.11. The molecular weight excluding hydrogens is 172 g/mol. The van der Waals surface area contributed by atoms with Crippen molar-refractivity contribution in [2.45, 2.75) is 24.8 Å². The van der Waals surface area contributed by atoms with Gasteiger partial charge in [-0.15, -0.1) is 0 Å². The maximum atomic E-state index is 5.89. The van der Waals surface area contributed by atoms with Gasteiger partial charge in [-0.2, -0.15) is 0 Å². The van der Waals surface area contributed by atoms with Crippen LogP contribution in [-0.4, -0.2) is 12.6 Å². The van der Waals surface area contributed by atoms with Crippen LogP contribution >= 0.6 is 0 Å². The number of hydrogen-bond donors (Lipinski definition) is 2. The van der Waals surface area contributed by atoms with Crippen molar-refractivity contribution >= 4 is 0 Å². The number of rotatable bonds is 3. The Balaban J connectivity index is 1.89. The molecule has 0 saturated heterocycles. The van der Waals surface area contributed by atoms with Crippen LogP contribution in [0.5, 0.6) is 0 Å².